The average Bonchev–Trinajstić information content (AvgIpc) is 2.61. The van der Waals surface area contributed by atoms with Gasteiger partial charge < -0.3 is 20.3 Å². The molecule has 0 aliphatic carbocycles. The van der Waals surface area contributed by atoms with Crippen LogP contribution in [0.15, 0.2) is 35.9 Å². The minimum absolute atomic E-state index is 0. The Morgan fingerprint density at radius 3 is 2.96 bits per heavy atom. The van der Waals surface area contributed by atoms with Gasteiger partial charge in [0.05, 0.1) is 5.69 Å². The molecule has 2 N–H and O–H groups in total. The molecule has 0 saturated carbocycles. The van der Waals surface area contributed by atoms with E-state index in [1.54, 1.807) is 11.8 Å². The molecule has 1 atom stereocenters. The number of ether oxygens (including phenoxy) is 1. The van der Waals surface area contributed by atoms with Crippen LogP contribution in [-0.2, 0) is 9.59 Å². The zero-order valence-electron chi connectivity index (χ0n) is 14.3. The lowest BCUT2D eigenvalue weighted by Gasteiger charge is -2.32. The summed E-state index contributed by atoms with van der Waals surface area (Å²) in [5.41, 5.74) is 1.98. The van der Waals surface area contributed by atoms with Crippen LogP contribution in [-0.4, -0.2) is 44.1 Å². The molecule has 0 fully saturated rings. The molecule has 7 heteroatoms. The summed E-state index contributed by atoms with van der Waals surface area (Å²) in [7, 11) is 0. The van der Waals surface area contributed by atoms with Crippen molar-refractivity contribution in [2.75, 3.05) is 31.1 Å². The highest BCUT2D eigenvalue weighted by atomic mass is 35.5. The zero-order chi connectivity index (χ0) is 16.9. The van der Waals surface area contributed by atoms with Crippen LogP contribution in [0.25, 0.3) is 0 Å². The summed E-state index contributed by atoms with van der Waals surface area (Å²) in [6, 6.07) is 7.42. The number of fused-ring (bicyclic) bond motifs is 1. The number of amides is 2. The van der Waals surface area contributed by atoms with Gasteiger partial charge in [0, 0.05) is 26.1 Å². The molecule has 0 radical (unpaired) electrons. The van der Waals surface area contributed by atoms with Crippen molar-refractivity contribution in [1.29, 1.82) is 0 Å². The molecule has 0 spiro atoms. The molecule has 136 valence electrons. The van der Waals surface area contributed by atoms with Crippen LogP contribution < -0.4 is 20.3 Å². The first kappa shape index (κ1) is 19.3. The Morgan fingerprint density at radius 1 is 1.40 bits per heavy atom. The Labute approximate surface area is 154 Å². The quantitative estimate of drug-likeness (QED) is 0.778. The molecular weight excluding hydrogens is 342 g/mol. The Balaban J connectivity index is 0.00000225. The molecule has 2 aliphatic heterocycles. The maximum atomic E-state index is 12.4. The van der Waals surface area contributed by atoms with E-state index in [0.717, 1.165) is 25.2 Å². The fraction of sp³-hybridized carbons (Fsp3) is 0.444. The van der Waals surface area contributed by atoms with Crippen molar-refractivity contribution < 1.29 is 14.3 Å². The first-order valence-electron chi connectivity index (χ1n) is 8.37. The van der Waals surface area contributed by atoms with E-state index in [1.165, 1.54) is 5.57 Å². The van der Waals surface area contributed by atoms with Crippen molar-refractivity contribution in [3.05, 3.63) is 35.9 Å². The van der Waals surface area contributed by atoms with Gasteiger partial charge in [-0.3, -0.25) is 9.59 Å². The molecule has 2 heterocycles. The fourth-order valence-electron chi connectivity index (χ4n) is 2.93. The number of benzene rings is 1. The second-order valence-electron chi connectivity index (χ2n) is 6.06. The third-order valence-electron chi connectivity index (χ3n) is 4.31. The summed E-state index contributed by atoms with van der Waals surface area (Å²) in [5, 5.41) is 6.18. The van der Waals surface area contributed by atoms with Crippen molar-refractivity contribution in [3.8, 4) is 5.75 Å². The molecule has 2 aliphatic rings. The first-order valence-corrected chi connectivity index (χ1v) is 8.37. The molecule has 6 nitrogen and oxygen atoms in total. The molecule has 25 heavy (non-hydrogen) atoms. The minimum Gasteiger partial charge on any atom is -0.479 e. The van der Waals surface area contributed by atoms with Crippen molar-refractivity contribution >= 4 is 29.9 Å². The molecule has 0 aromatic heterocycles. The SMILES string of the molecule is CC1Oc2ccccc2N(CCC(=O)NCC2=CCNCC2)C1=O.Cl. The van der Waals surface area contributed by atoms with Crippen LogP contribution in [0.4, 0.5) is 5.69 Å². The highest BCUT2D eigenvalue weighted by Gasteiger charge is 2.31. The summed E-state index contributed by atoms with van der Waals surface area (Å²) in [5.74, 6) is 0.534. The lowest BCUT2D eigenvalue weighted by molar-refractivity contribution is -0.125. The lowest BCUT2D eigenvalue weighted by Crippen LogP contribution is -2.45. The number of anilines is 1. The number of hydrogen-bond donors (Lipinski definition) is 2. The van der Waals surface area contributed by atoms with E-state index in [2.05, 4.69) is 16.7 Å². The second-order valence-corrected chi connectivity index (χ2v) is 6.06. The monoisotopic (exact) mass is 365 g/mol. The van der Waals surface area contributed by atoms with Crippen molar-refractivity contribution in [1.82, 2.24) is 10.6 Å². The van der Waals surface area contributed by atoms with Crippen molar-refractivity contribution in [2.45, 2.75) is 25.9 Å². The summed E-state index contributed by atoms with van der Waals surface area (Å²) in [6.45, 7) is 4.50. The molecule has 1 unspecified atom stereocenters. The maximum Gasteiger partial charge on any atom is 0.267 e. The third kappa shape index (κ3) is 4.74. The van der Waals surface area contributed by atoms with Gasteiger partial charge in [-0.05, 0) is 32.0 Å². The minimum atomic E-state index is -0.525. The van der Waals surface area contributed by atoms with E-state index in [4.69, 9.17) is 4.74 Å². The van der Waals surface area contributed by atoms with Crippen molar-refractivity contribution in [3.63, 3.8) is 0 Å². The Kier molecular flexibility index (Phi) is 6.84. The Hall–Kier alpha value is -2.05. The van der Waals surface area contributed by atoms with Gasteiger partial charge in [-0.2, -0.15) is 0 Å². The standard InChI is InChI=1S/C18H23N3O3.ClH/c1-13-18(23)21(15-4-2-3-5-16(15)24-13)11-8-17(22)20-12-14-6-9-19-10-7-14;/h2-6,13,19H,7-12H2,1H3,(H,20,22);1H. The third-order valence-corrected chi connectivity index (χ3v) is 4.31. The number of nitrogens with one attached hydrogen (secondary N) is 2. The number of carbonyl (C=O) groups is 2. The number of hydrogen-bond acceptors (Lipinski definition) is 4. The largest absolute Gasteiger partial charge is 0.479 e. The molecule has 0 saturated heterocycles. The fourth-order valence-corrected chi connectivity index (χ4v) is 2.93. The number of halogens is 1. The van der Waals surface area contributed by atoms with Gasteiger partial charge in [-0.25, -0.2) is 0 Å². The van der Waals surface area contributed by atoms with Crippen molar-refractivity contribution in [2.24, 2.45) is 0 Å². The molecular formula is C18H24ClN3O3. The van der Waals surface area contributed by atoms with Crippen LogP contribution in [0.1, 0.15) is 19.8 Å². The summed E-state index contributed by atoms with van der Waals surface area (Å²) >= 11 is 0. The van der Waals surface area contributed by atoms with Gasteiger partial charge >= 0.3 is 0 Å². The van der Waals surface area contributed by atoms with Crippen LogP contribution in [0.5, 0.6) is 5.75 Å². The second kappa shape index (κ2) is 8.87. The van der Waals surface area contributed by atoms with Gasteiger partial charge in [0.15, 0.2) is 6.10 Å². The predicted octanol–water partition coefficient (Wildman–Crippen LogP) is 1.65. The van der Waals surface area contributed by atoms with Gasteiger partial charge in [-0.1, -0.05) is 23.8 Å². The number of para-hydroxylation sites is 2. The Morgan fingerprint density at radius 2 is 2.20 bits per heavy atom. The first-order chi connectivity index (χ1) is 11.6. The average molecular weight is 366 g/mol. The van der Waals surface area contributed by atoms with Gasteiger partial charge in [0.25, 0.3) is 5.91 Å². The van der Waals surface area contributed by atoms with Gasteiger partial charge in [-0.15, -0.1) is 12.4 Å². The normalized spacial score (nSPS) is 19.2. The smallest absolute Gasteiger partial charge is 0.267 e. The van der Waals surface area contributed by atoms with E-state index in [-0.39, 0.29) is 30.6 Å². The molecule has 0 bridgehead atoms. The molecule has 1 aromatic rings. The highest BCUT2D eigenvalue weighted by molar-refractivity contribution is 6.00. The maximum absolute atomic E-state index is 12.4. The Bertz CT molecular complexity index is 663. The van der Waals surface area contributed by atoms with Gasteiger partial charge in [0.1, 0.15) is 5.75 Å². The number of rotatable bonds is 5. The number of carbonyl (C=O) groups excluding carboxylic acids is 2. The van der Waals surface area contributed by atoms with E-state index in [9.17, 15) is 9.59 Å². The lowest BCUT2D eigenvalue weighted by atomic mass is 10.1. The molecule has 3 rings (SSSR count). The van der Waals surface area contributed by atoms with E-state index in [1.807, 2.05) is 24.3 Å². The van der Waals surface area contributed by atoms with Crippen LogP contribution >= 0.6 is 12.4 Å². The molecule has 1 aromatic carbocycles. The number of nitrogens with zero attached hydrogens (tertiary/aromatic N) is 1. The summed E-state index contributed by atoms with van der Waals surface area (Å²) < 4.78 is 5.60. The van der Waals surface area contributed by atoms with Gasteiger partial charge in [0.2, 0.25) is 5.91 Å². The highest BCUT2D eigenvalue weighted by Crippen LogP contribution is 2.33. The summed E-state index contributed by atoms with van der Waals surface area (Å²) in [6.07, 6.45) is 2.83. The molecule has 2 amide bonds. The topological polar surface area (TPSA) is 70.7 Å². The predicted molar refractivity (Wildman–Crippen MR) is 99.3 cm³/mol. The van der Waals surface area contributed by atoms with E-state index >= 15 is 0 Å². The van der Waals surface area contributed by atoms with Crippen LogP contribution in [0.2, 0.25) is 0 Å². The summed E-state index contributed by atoms with van der Waals surface area (Å²) in [4.78, 5) is 26.1. The van der Waals surface area contributed by atoms with E-state index in [0.29, 0.717) is 18.8 Å². The van der Waals surface area contributed by atoms with Crippen LogP contribution in [0, 0.1) is 0 Å². The van der Waals surface area contributed by atoms with E-state index < -0.39 is 6.10 Å². The van der Waals surface area contributed by atoms with Crippen LogP contribution in [0.3, 0.4) is 0 Å². The zero-order valence-corrected chi connectivity index (χ0v) is 15.1.